The van der Waals surface area contributed by atoms with Gasteiger partial charge in [-0.05, 0) is 52.9 Å². The van der Waals surface area contributed by atoms with E-state index in [9.17, 15) is 4.39 Å². The number of methoxy groups -OCH3 is 1. The number of anilines is 1. The van der Waals surface area contributed by atoms with E-state index in [0.717, 1.165) is 44.4 Å². The van der Waals surface area contributed by atoms with Gasteiger partial charge in [-0.1, -0.05) is 36.5 Å². The zero-order valence-electron chi connectivity index (χ0n) is 16.1. The number of rotatable bonds is 4. The highest BCUT2D eigenvalue weighted by atomic mass is 32.1. The molecule has 0 bridgehead atoms. The highest BCUT2D eigenvalue weighted by Gasteiger charge is 2.30. The van der Waals surface area contributed by atoms with Crippen LogP contribution in [-0.2, 0) is 6.54 Å². The summed E-state index contributed by atoms with van der Waals surface area (Å²) in [7, 11) is 1.65. The summed E-state index contributed by atoms with van der Waals surface area (Å²) in [4.78, 5) is 8.81. The van der Waals surface area contributed by atoms with Gasteiger partial charge in [0.15, 0.2) is 0 Å². The van der Waals surface area contributed by atoms with E-state index in [2.05, 4.69) is 17.0 Å². The van der Waals surface area contributed by atoms with Gasteiger partial charge in [0.2, 0.25) is 0 Å². The highest BCUT2D eigenvalue weighted by molar-refractivity contribution is 7.81. The number of benzene rings is 2. The molecule has 1 aliphatic rings. The van der Waals surface area contributed by atoms with Gasteiger partial charge in [-0.25, -0.2) is 9.37 Å². The number of hydrogen-bond acceptors (Lipinski definition) is 4. The average molecular weight is 433 g/mol. The average Bonchev–Trinajstić information content (AvgIpc) is 3.42. The molecule has 0 fully saturated rings. The Hall–Kier alpha value is -3.09. The van der Waals surface area contributed by atoms with Crippen LogP contribution in [0.25, 0.3) is 21.7 Å². The van der Waals surface area contributed by atoms with E-state index in [1.165, 1.54) is 12.1 Å². The van der Waals surface area contributed by atoms with Crippen molar-refractivity contribution in [2.75, 3.05) is 12.0 Å². The molecular weight excluding hydrogens is 415 g/mol. The van der Waals surface area contributed by atoms with E-state index in [-0.39, 0.29) is 5.82 Å². The molecule has 0 N–H and O–H groups in total. The number of thiocarbonyl (C=S) groups is 1. The first-order valence-electron chi connectivity index (χ1n) is 9.43. The van der Waals surface area contributed by atoms with Crippen LogP contribution >= 0.6 is 23.6 Å². The van der Waals surface area contributed by atoms with Gasteiger partial charge < -0.3 is 9.64 Å². The van der Waals surface area contributed by atoms with Crippen LogP contribution in [0.3, 0.4) is 0 Å². The molecular formula is C24H17FN2OS2. The summed E-state index contributed by atoms with van der Waals surface area (Å²) in [6.07, 6.45) is 0. The van der Waals surface area contributed by atoms with Crippen molar-refractivity contribution in [2.24, 2.45) is 0 Å². The summed E-state index contributed by atoms with van der Waals surface area (Å²) in [6, 6.07) is 20.5. The third-order valence-electron chi connectivity index (χ3n) is 5.16. The number of nitrogens with zero attached hydrogens (tertiary/aromatic N) is 2. The van der Waals surface area contributed by atoms with Gasteiger partial charge >= 0.3 is 0 Å². The molecule has 1 aliphatic heterocycles. The monoisotopic (exact) mass is 432 g/mol. The van der Waals surface area contributed by atoms with Crippen LogP contribution in [0.2, 0.25) is 0 Å². The normalized spacial score (nSPS) is 12.9. The van der Waals surface area contributed by atoms with Crippen LogP contribution in [-0.4, -0.2) is 17.1 Å². The number of ether oxygens (including phenoxy) is 1. The Bertz CT molecular complexity index is 1240. The molecule has 3 nitrogen and oxygen atoms in total. The van der Waals surface area contributed by atoms with Crippen LogP contribution in [0.5, 0.6) is 5.75 Å². The third-order valence-corrected chi connectivity index (χ3v) is 6.47. The first-order valence-corrected chi connectivity index (χ1v) is 10.7. The minimum absolute atomic E-state index is 0.261. The summed E-state index contributed by atoms with van der Waals surface area (Å²) in [5, 5.41) is 2.04. The molecule has 0 saturated carbocycles. The molecule has 0 spiro atoms. The van der Waals surface area contributed by atoms with Crippen LogP contribution in [0.4, 0.5) is 10.1 Å². The van der Waals surface area contributed by atoms with Crippen LogP contribution < -0.4 is 9.64 Å². The first-order chi connectivity index (χ1) is 14.6. The summed E-state index contributed by atoms with van der Waals surface area (Å²) >= 11 is 7.53. The molecule has 5 rings (SSSR count). The zero-order valence-corrected chi connectivity index (χ0v) is 17.8. The highest BCUT2D eigenvalue weighted by Crippen LogP contribution is 2.38. The molecule has 0 amide bonds. The third kappa shape index (κ3) is 3.28. The van der Waals surface area contributed by atoms with Crippen molar-refractivity contribution < 1.29 is 9.13 Å². The van der Waals surface area contributed by atoms with Crippen LogP contribution in [0.1, 0.15) is 11.3 Å². The second-order valence-electron chi connectivity index (χ2n) is 6.95. The fraction of sp³-hybridized carbons (Fsp3) is 0.0833. The van der Waals surface area contributed by atoms with Gasteiger partial charge in [0, 0.05) is 17.3 Å². The Labute approximate surface area is 183 Å². The molecule has 148 valence electrons. The van der Waals surface area contributed by atoms with E-state index >= 15 is 0 Å². The van der Waals surface area contributed by atoms with Crippen molar-refractivity contribution in [3.05, 3.63) is 89.2 Å². The fourth-order valence-electron chi connectivity index (χ4n) is 3.70. The number of aromatic nitrogens is 1. The Morgan fingerprint density at radius 2 is 1.90 bits per heavy atom. The van der Waals surface area contributed by atoms with Gasteiger partial charge in [0.1, 0.15) is 16.6 Å². The molecule has 0 radical (unpaired) electrons. The van der Waals surface area contributed by atoms with Crippen molar-refractivity contribution >= 4 is 34.2 Å². The van der Waals surface area contributed by atoms with Crippen molar-refractivity contribution in [2.45, 2.75) is 6.54 Å². The molecule has 2 aromatic carbocycles. The molecule has 0 saturated heterocycles. The van der Waals surface area contributed by atoms with E-state index in [1.807, 2.05) is 35.7 Å². The standard InChI is InChI=1S/C24H17FN2OS2/c1-28-18-5-2-4-17(12-18)27-14-21-23(24(27)29)19(15-7-9-16(25)10-8-15)13-20(26-21)22-6-3-11-30-22/h2-13H,14H2,1H3. The maximum absolute atomic E-state index is 13.6. The number of fused-ring (bicyclic) bond motifs is 1. The topological polar surface area (TPSA) is 25.4 Å². The molecule has 3 heterocycles. The van der Waals surface area contributed by atoms with Crippen molar-refractivity contribution in [3.63, 3.8) is 0 Å². The van der Waals surface area contributed by atoms with Crippen molar-refractivity contribution in [1.82, 2.24) is 4.98 Å². The number of pyridine rings is 1. The Morgan fingerprint density at radius 3 is 2.63 bits per heavy atom. The fourth-order valence-corrected chi connectivity index (χ4v) is 4.79. The van der Waals surface area contributed by atoms with Gasteiger partial charge in [0.05, 0.1) is 29.9 Å². The largest absolute Gasteiger partial charge is 0.497 e. The van der Waals surface area contributed by atoms with Crippen molar-refractivity contribution in [1.29, 1.82) is 0 Å². The van der Waals surface area contributed by atoms with E-state index in [1.54, 1.807) is 30.6 Å². The second-order valence-corrected chi connectivity index (χ2v) is 8.29. The molecule has 30 heavy (non-hydrogen) atoms. The Kier molecular flexibility index (Phi) is 4.81. The molecule has 0 unspecified atom stereocenters. The lowest BCUT2D eigenvalue weighted by Gasteiger charge is -2.19. The quantitative estimate of drug-likeness (QED) is 0.352. The molecule has 6 heteroatoms. The maximum Gasteiger partial charge on any atom is 0.123 e. The van der Waals surface area contributed by atoms with E-state index < -0.39 is 0 Å². The number of halogens is 1. The van der Waals surface area contributed by atoms with E-state index in [4.69, 9.17) is 21.9 Å². The summed E-state index contributed by atoms with van der Waals surface area (Å²) in [5.41, 5.74) is 5.60. The molecule has 0 aliphatic carbocycles. The summed E-state index contributed by atoms with van der Waals surface area (Å²) in [6.45, 7) is 0.578. The molecule has 0 atom stereocenters. The molecule has 4 aromatic rings. The summed E-state index contributed by atoms with van der Waals surface area (Å²) in [5.74, 6) is 0.515. The predicted molar refractivity (Wildman–Crippen MR) is 124 cm³/mol. The predicted octanol–water partition coefficient (Wildman–Crippen LogP) is 6.32. The zero-order chi connectivity index (χ0) is 20.7. The lowest BCUT2D eigenvalue weighted by atomic mass is 9.98. The van der Waals surface area contributed by atoms with Crippen LogP contribution in [0, 0.1) is 5.82 Å². The Balaban J connectivity index is 1.66. The van der Waals surface area contributed by atoms with Crippen molar-refractivity contribution in [3.8, 4) is 27.4 Å². The summed E-state index contributed by atoms with van der Waals surface area (Å²) < 4.78 is 18.9. The van der Waals surface area contributed by atoms with Gasteiger partial charge in [-0.2, -0.15) is 0 Å². The second kappa shape index (κ2) is 7.63. The minimum Gasteiger partial charge on any atom is -0.497 e. The molecule has 2 aromatic heterocycles. The lowest BCUT2D eigenvalue weighted by Crippen LogP contribution is -2.22. The van der Waals surface area contributed by atoms with E-state index in [0.29, 0.717) is 11.5 Å². The number of hydrogen-bond donors (Lipinski definition) is 0. The van der Waals surface area contributed by atoms with Gasteiger partial charge in [-0.3, -0.25) is 0 Å². The number of thiophene rings is 1. The van der Waals surface area contributed by atoms with Gasteiger partial charge in [-0.15, -0.1) is 11.3 Å². The first kappa shape index (κ1) is 18.9. The van der Waals surface area contributed by atoms with Crippen LogP contribution in [0.15, 0.2) is 72.1 Å². The van der Waals surface area contributed by atoms with Gasteiger partial charge in [0.25, 0.3) is 0 Å². The smallest absolute Gasteiger partial charge is 0.123 e. The SMILES string of the molecule is COc1cccc(N2Cc3nc(-c4cccs4)cc(-c4ccc(F)cc4)c3C2=S)c1. The minimum atomic E-state index is -0.261. The maximum atomic E-state index is 13.6. The Morgan fingerprint density at radius 1 is 1.07 bits per heavy atom. The lowest BCUT2D eigenvalue weighted by molar-refractivity contribution is 0.415.